The highest BCUT2D eigenvalue weighted by molar-refractivity contribution is 14.1. The van der Waals surface area contributed by atoms with E-state index < -0.39 is 5.97 Å². The van der Waals surface area contributed by atoms with Crippen LogP contribution >= 0.6 is 33.9 Å². The molecule has 0 saturated heterocycles. The maximum Gasteiger partial charge on any atom is 0.335 e. The smallest absolute Gasteiger partial charge is 0.335 e. The van der Waals surface area contributed by atoms with E-state index in [1.165, 1.54) is 26.2 Å². The SMILES string of the molecule is O=C(O)c1ccc(NC2CCCc3sc(I)cc32)cc1. The van der Waals surface area contributed by atoms with Gasteiger partial charge in [-0.25, -0.2) is 4.79 Å². The van der Waals surface area contributed by atoms with Crippen LogP contribution in [0.2, 0.25) is 0 Å². The Morgan fingerprint density at radius 1 is 1.35 bits per heavy atom. The second-order valence-corrected chi connectivity index (χ2v) is 7.93. The Morgan fingerprint density at radius 3 is 2.80 bits per heavy atom. The number of carboxylic acids is 1. The topological polar surface area (TPSA) is 49.3 Å². The summed E-state index contributed by atoms with van der Waals surface area (Å²) in [7, 11) is 0. The first-order chi connectivity index (χ1) is 9.63. The number of carbonyl (C=O) groups is 1. The van der Waals surface area contributed by atoms with Crippen LogP contribution in [0.15, 0.2) is 30.3 Å². The maximum atomic E-state index is 10.8. The minimum Gasteiger partial charge on any atom is -0.478 e. The lowest BCUT2D eigenvalue weighted by molar-refractivity contribution is 0.0697. The van der Waals surface area contributed by atoms with Crippen molar-refractivity contribution in [1.82, 2.24) is 0 Å². The molecular formula is C15H14INO2S. The van der Waals surface area contributed by atoms with Gasteiger partial charge in [0.1, 0.15) is 0 Å². The van der Waals surface area contributed by atoms with Gasteiger partial charge in [0.2, 0.25) is 0 Å². The highest BCUT2D eigenvalue weighted by Crippen LogP contribution is 2.38. The van der Waals surface area contributed by atoms with Gasteiger partial charge in [0.25, 0.3) is 0 Å². The van der Waals surface area contributed by atoms with Crippen LogP contribution in [-0.2, 0) is 6.42 Å². The van der Waals surface area contributed by atoms with E-state index in [0.717, 1.165) is 12.1 Å². The number of carboxylic acid groups (broad SMARTS) is 1. The molecule has 1 aromatic carbocycles. The Morgan fingerprint density at radius 2 is 2.10 bits per heavy atom. The average Bonchev–Trinajstić information content (AvgIpc) is 2.81. The first-order valence-corrected chi connectivity index (χ1v) is 8.41. The number of hydrogen-bond donors (Lipinski definition) is 2. The molecule has 5 heteroatoms. The van der Waals surface area contributed by atoms with Gasteiger partial charge in [0.05, 0.1) is 14.5 Å². The molecule has 1 aliphatic carbocycles. The lowest BCUT2D eigenvalue weighted by Crippen LogP contribution is -2.15. The minimum atomic E-state index is -0.885. The third-order valence-electron chi connectivity index (χ3n) is 3.56. The summed E-state index contributed by atoms with van der Waals surface area (Å²) in [6, 6.07) is 9.58. The summed E-state index contributed by atoms with van der Waals surface area (Å²) >= 11 is 4.26. The highest BCUT2D eigenvalue weighted by Gasteiger charge is 2.22. The van der Waals surface area contributed by atoms with E-state index >= 15 is 0 Å². The van der Waals surface area contributed by atoms with Crippen molar-refractivity contribution in [2.24, 2.45) is 0 Å². The lowest BCUT2D eigenvalue weighted by Gasteiger charge is -2.24. The predicted molar refractivity (Wildman–Crippen MR) is 89.7 cm³/mol. The van der Waals surface area contributed by atoms with Gasteiger partial charge in [-0.3, -0.25) is 0 Å². The quantitative estimate of drug-likeness (QED) is 0.746. The summed E-state index contributed by atoms with van der Waals surface area (Å²) in [6.07, 6.45) is 3.51. The zero-order valence-corrected chi connectivity index (χ0v) is 13.7. The molecule has 0 fully saturated rings. The third kappa shape index (κ3) is 2.83. The summed E-state index contributed by atoms with van der Waals surface area (Å²) in [4.78, 5) is 12.3. The fourth-order valence-corrected chi connectivity index (χ4v) is 4.70. The molecule has 3 nitrogen and oxygen atoms in total. The van der Waals surface area contributed by atoms with Crippen LogP contribution in [0, 0.1) is 2.88 Å². The van der Waals surface area contributed by atoms with Crippen molar-refractivity contribution in [1.29, 1.82) is 0 Å². The molecule has 0 spiro atoms. The van der Waals surface area contributed by atoms with Crippen molar-refractivity contribution < 1.29 is 9.90 Å². The van der Waals surface area contributed by atoms with Gasteiger partial charge in [0.15, 0.2) is 0 Å². The van der Waals surface area contributed by atoms with Gasteiger partial charge in [0, 0.05) is 10.6 Å². The number of thiophene rings is 1. The van der Waals surface area contributed by atoms with Crippen LogP contribution in [-0.4, -0.2) is 11.1 Å². The number of hydrogen-bond acceptors (Lipinski definition) is 3. The van der Waals surface area contributed by atoms with Crippen molar-refractivity contribution in [3.05, 3.63) is 49.2 Å². The zero-order chi connectivity index (χ0) is 14.1. The van der Waals surface area contributed by atoms with Gasteiger partial charge in [-0.05, 0) is 77.7 Å². The maximum absolute atomic E-state index is 10.8. The monoisotopic (exact) mass is 399 g/mol. The predicted octanol–water partition coefficient (Wildman–Crippen LogP) is 4.54. The molecule has 1 atom stereocenters. The summed E-state index contributed by atoms with van der Waals surface area (Å²) in [5.74, 6) is -0.885. The van der Waals surface area contributed by atoms with E-state index in [1.54, 1.807) is 12.1 Å². The second-order valence-electron chi connectivity index (χ2n) is 4.90. The molecule has 3 rings (SSSR count). The van der Waals surface area contributed by atoms with Gasteiger partial charge in [-0.2, -0.15) is 0 Å². The number of aromatic carboxylic acids is 1. The standard InChI is InChI=1S/C15H14INO2S/c16-14-8-11-12(2-1-3-13(11)20-14)17-10-6-4-9(5-7-10)15(18)19/h4-8,12,17H,1-3H2,(H,18,19). The second kappa shape index (κ2) is 5.73. The van der Waals surface area contributed by atoms with Crippen LogP contribution < -0.4 is 5.32 Å². The van der Waals surface area contributed by atoms with Crippen molar-refractivity contribution in [2.75, 3.05) is 5.32 Å². The Labute approximate surface area is 135 Å². The van der Waals surface area contributed by atoms with E-state index in [0.29, 0.717) is 11.6 Å². The molecule has 1 heterocycles. The molecule has 2 aromatic rings. The normalized spacial score (nSPS) is 17.6. The molecule has 104 valence electrons. The van der Waals surface area contributed by atoms with Crippen LogP contribution in [0.1, 0.15) is 39.7 Å². The molecule has 0 radical (unpaired) electrons. The van der Waals surface area contributed by atoms with E-state index in [-0.39, 0.29) is 0 Å². The average molecular weight is 399 g/mol. The first kappa shape index (κ1) is 13.9. The summed E-state index contributed by atoms with van der Waals surface area (Å²) < 4.78 is 1.34. The Kier molecular flexibility index (Phi) is 3.98. The fraction of sp³-hybridized carbons (Fsp3) is 0.267. The number of benzene rings is 1. The Hall–Kier alpha value is -1.08. The molecule has 20 heavy (non-hydrogen) atoms. The van der Waals surface area contributed by atoms with Crippen LogP contribution in [0.3, 0.4) is 0 Å². The molecule has 1 aliphatic rings. The van der Waals surface area contributed by atoms with Gasteiger partial charge >= 0.3 is 5.97 Å². The zero-order valence-electron chi connectivity index (χ0n) is 10.7. The molecule has 0 bridgehead atoms. The fourth-order valence-electron chi connectivity index (χ4n) is 2.58. The summed E-state index contributed by atoms with van der Waals surface area (Å²) in [6.45, 7) is 0. The van der Waals surface area contributed by atoms with E-state index in [2.05, 4.69) is 34.0 Å². The molecule has 2 N–H and O–H groups in total. The van der Waals surface area contributed by atoms with E-state index in [1.807, 2.05) is 23.5 Å². The number of rotatable bonds is 3. The van der Waals surface area contributed by atoms with Crippen molar-refractivity contribution in [3.8, 4) is 0 Å². The van der Waals surface area contributed by atoms with Gasteiger partial charge in [-0.1, -0.05) is 0 Å². The molecule has 0 aliphatic heterocycles. The van der Waals surface area contributed by atoms with Crippen LogP contribution in [0.4, 0.5) is 5.69 Å². The number of fused-ring (bicyclic) bond motifs is 1. The molecule has 1 unspecified atom stereocenters. The van der Waals surface area contributed by atoms with Gasteiger partial charge < -0.3 is 10.4 Å². The number of halogens is 1. The third-order valence-corrected chi connectivity index (χ3v) is 5.53. The minimum absolute atomic E-state index is 0.324. The van der Waals surface area contributed by atoms with Crippen molar-refractivity contribution in [3.63, 3.8) is 0 Å². The summed E-state index contributed by atoms with van der Waals surface area (Å²) in [5.41, 5.74) is 2.71. The van der Waals surface area contributed by atoms with Crippen molar-refractivity contribution >= 4 is 45.6 Å². The van der Waals surface area contributed by atoms with E-state index in [9.17, 15) is 4.79 Å². The van der Waals surface area contributed by atoms with Crippen LogP contribution in [0.25, 0.3) is 0 Å². The molecule has 0 amide bonds. The molecule has 1 aromatic heterocycles. The largest absolute Gasteiger partial charge is 0.478 e. The number of nitrogens with one attached hydrogen (secondary N) is 1. The molecule has 0 saturated carbocycles. The molecular weight excluding hydrogens is 385 g/mol. The Bertz CT molecular complexity index is 636. The number of anilines is 1. The van der Waals surface area contributed by atoms with E-state index in [4.69, 9.17) is 5.11 Å². The lowest BCUT2D eigenvalue weighted by atomic mass is 9.94. The first-order valence-electron chi connectivity index (χ1n) is 6.51. The van der Waals surface area contributed by atoms with Crippen LogP contribution in [0.5, 0.6) is 0 Å². The summed E-state index contributed by atoms with van der Waals surface area (Å²) in [5, 5.41) is 12.4. The van der Waals surface area contributed by atoms with Crippen molar-refractivity contribution in [2.45, 2.75) is 25.3 Å². The highest BCUT2D eigenvalue weighted by atomic mass is 127. The van der Waals surface area contributed by atoms with Gasteiger partial charge in [-0.15, -0.1) is 11.3 Å². The Balaban J connectivity index is 1.80. The number of aryl methyl sites for hydroxylation is 1.